The Morgan fingerprint density at radius 3 is 2.07 bits per heavy atom. The SMILES string of the molecule is CCOC(=O)CNC(=O)CNC(=O)c1ccc(Cl)cc1.Cc1ccccc1. The van der Waals surface area contributed by atoms with Gasteiger partial charge in [0.25, 0.3) is 5.91 Å². The predicted octanol–water partition coefficient (Wildman–Crippen LogP) is 2.74. The monoisotopic (exact) mass is 390 g/mol. The summed E-state index contributed by atoms with van der Waals surface area (Å²) in [6.07, 6.45) is 0. The van der Waals surface area contributed by atoms with Gasteiger partial charge < -0.3 is 15.4 Å². The van der Waals surface area contributed by atoms with Crippen LogP contribution < -0.4 is 10.6 Å². The number of esters is 1. The summed E-state index contributed by atoms with van der Waals surface area (Å²) in [6, 6.07) is 16.5. The van der Waals surface area contributed by atoms with Gasteiger partial charge in [-0.05, 0) is 38.1 Å². The van der Waals surface area contributed by atoms with E-state index in [2.05, 4.69) is 34.4 Å². The number of rotatable bonds is 6. The molecule has 0 aliphatic carbocycles. The van der Waals surface area contributed by atoms with Crippen LogP contribution in [0.1, 0.15) is 22.8 Å². The number of amides is 2. The van der Waals surface area contributed by atoms with Crippen molar-refractivity contribution in [1.82, 2.24) is 10.6 Å². The molecular formula is C20H23ClN2O4. The minimum atomic E-state index is -0.523. The number of aryl methyl sites for hydroxylation is 1. The summed E-state index contributed by atoms with van der Waals surface area (Å²) in [6.45, 7) is 3.57. The minimum Gasteiger partial charge on any atom is -0.465 e. The van der Waals surface area contributed by atoms with E-state index in [9.17, 15) is 14.4 Å². The summed E-state index contributed by atoms with van der Waals surface area (Å²) in [5, 5.41) is 5.28. The molecule has 0 aliphatic heterocycles. The Hall–Kier alpha value is -2.86. The lowest BCUT2D eigenvalue weighted by Crippen LogP contribution is -2.39. The van der Waals surface area contributed by atoms with Crippen molar-refractivity contribution in [2.45, 2.75) is 13.8 Å². The average molecular weight is 391 g/mol. The molecule has 2 amide bonds. The highest BCUT2D eigenvalue weighted by Crippen LogP contribution is 2.09. The van der Waals surface area contributed by atoms with Gasteiger partial charge in [-0.3, -0.25) is 14.4 Å². The number of hydrogen-bond acceptors (Lipinski definition) is 4. The molecule has 2 aromatic carbocycles. The van der Waals surface area contributed by atoms with E-state index >= 15 is 0 Å². The van der Waals surface area contributed by atoms with Crippen LogP contribution in [0.2, 0.25) is 5.02 Å². The normalized spacial score (nSPS) is 9.44. The molecule has 27 heavy (non-hydrogen) atoms. The summed E-state index contributed by atoms with van der Waals surface area (Å²) in [5.41, 5.74) is 1.72. The van der Waals surface area contributed by atoms with Crippen LogP contribution in [0.4, 0.5) is 0 Å². The molecule has 0 heterocycles. The van der Waals surface area contributed by atoms with Crippen LogP contribution in [0.5, 0.6) is 0 Å². The number of carbonyl (C=O) groups excluding carboxylic acids is 3. The van der Waals surface area contributed by atoms with Crippen LogP contribution in [0.15, 0.2) is 54.6 Å². The summed E-state index contributed by atoms with van der Waals surface area (Å²) in [5.74, 6) is -1.39. The van der Waals surface area contributed by atoms with Crippen molar-refractivity contribution in [2.24, 2.45) is 0 Å². The largest absolute Gasteiger partial charge is 0.465 e. The number of hydrogen-bond donors (Lipinski definition) is 2. The van der Waals surface area contributed by atoms with E-state index in [0.29, 0.717) is 10.6 Å². The van der Waals surface area contributed by atoms with Crippen LogP contribution >= 0.6 is 11.6 Å². The zero-order valence-corrected chi connectivity index (χ0v) is 16.1. The second-order valence-corrected chi connectivity index (χ2v) is 5.86. The van der Waals surface area contributed by atoms with Gasteiger partial charge in [-0.1, -0.05) is 47.5 Å². The van der Waals surface area contributed by atoms with E-state index in [1.54, 1.807) is 31.2 Å². The van der Waals surface area contributed by atoms with Gasteiger partial charge in [0.2, 0.25) is 5.91 Å². The lowest BCUT2D eigenvalue weighted by Gasteiger charge is -2.06. The van der Waals surface area contributed by atoms with E-state index < -0.39 is 17.8 Å². The zero-order valence-electron chi connectivity index (χ0n) is 15.3. The summed E-state index contributed by atoms with van der Waals surface area (Å²) in [4.78, 5) is 34.1. The standard InChI is InChI=1S/C13H15ClN2O4.C7H8/c1-2-20-12(18)8-15-11(17)7-16-13(19)9-3-5-10(14)6-4-9;1-7-5-3-2-4-6-7/h3-6H,2,7-8H2,1H3,(H,15,17)(H,16,19);2-6H,1H3. The number of ether oxygens (including phenoxy) is 1. The molecule has 0 spiro atoms. The molecule has 0 aromatic heterocycles. The molecule has 6 nitrogen and oxygen atoms in total. The molecule has 2 rings (SSSR count). The fraction of sp³-hybridized carbons (Fsp3) is 0.250. The van der Waals surface area contributed by atoms with E-state index in [1.165, 1.54) is 5.56 Å². The first-order valence-corrected chi connectivity index (χ1v) is 8.78. The maximum Gasteiger partial charge on any atom is 0.325 e. The molecule has 2 aromatic rings. The predicted molar refractivity (Wildman–Crippen MR) is 105 cm³/mol. The third-order valence-electron chi connectivity index (χ3n) is 3.19. The molecule has 0 saturated heterocycles. The first-order valence-electron chi connectivity index (χ1n) is 8.40. The van der Waals surface area contributed by atoms with Gasteiger partial charge in [-0.2, -0.15) is 0 Å². The van der Waals surface area contributed by atoms with Crippen LogP contribution in [0.3, 0.4) is 0 Å². The second kappa shape index (κ2) is 12.5. The number of halogens is 1. The molecule has 144 valence electrons. The Balaban J connectivity index is 0.000000433. The topological polar surface area (TPSA) is 84.5 Å². The Morgan fingerprint density at radius 2 is 1.56 bits per heavy atom. The van der Waals surface area contributed by atoms with Gasteiger partial charge >= 0.3 is 5.97 Å². The van der Waals surface area contributed by atoms with Gasteiger partial charge in [0.1, 0.15) is 6.54 Å². The quantitative estimate of drug-likeness (QED) is 0.743. The highest BCUT2D eigenvalue weighted by Gasteiger charge is 2.09. The highest BCUT2D eigenvalue weighted by atomic mass is 35.5. The highest BCUT2D eigenvalue weighted by molar-refractivity contribution is 6.30. The lowest BCUT2D eigenvalue weighted by atomic mass is 10.2. The smallest absolute Gasteiger partial charge is 0.325 e. The third kappa shape index (κ3) is 10.0. The fourth-order valence-corrected chi connectivity index (χ4v) is 1.97. The maximum atomic E-state index is 11.7. The molecule has 0 radical (unpaired) electrons. The maximum absolute atomic E-state index is 11.7. The summed E-state index contributed by atoms with van der Waals surface area (Å²) in [7, 11) is 0. The van der Waals surface area contributed by atoms with Gasteiger partial charge in [-0.25, -0.2) is 0 Å². The first kappa shape index (κ1) is 22.2. The molecular weight excluding hydrogens is 368 g/mol. The first-order chi connectivity index (χ1) is 12.9. The zero-order chi connectivity index (χ0) is 20.1. The van der Waals surface area contributed by atoms with E-state index in [-0.39, 0.29) is 19.7 Å². The van der Waals surface area contributed by atoms with Crippen molar-refractivity contribution in [2.75, 3.05) is 19.7 Å². The van der Waals surface area contributed by atoms with Crippen molar-refractivity contribution in [1.29, 1.82) is 0 Å². The molecule has 0 unspecified atom stereocenters. The number of carbonyl (C=O) groups is 3. The number of benzene rings is 2. The molecule has 0 atom stereocenters. The van der Waals surface area contributed by atoms with Crippen molar-refractivity contribution in [3.05, 3.63) is 70.7 Å². The summed E-state index contributed by atoms with van der Waals surface area (Å²) >= 11 is 5.70. The van der Waals surface area contributed by atoms with Crippen LogP contribution in [0.25, 0.3) is 0 Å². The fourth-order valence-electron chi connectivity index (χ4n) is 1.84. The second-order valence-electron chi connectivity index (χ2n) is 5.43. The summed E-state index contributed by atoms with van der Waals surface area (Å²) < 4.78 is 4.64. The van der Waals surface area contributed by atoms with Gasteiger partial charge in [0.05, 0.1) is 13.2 Å². The van der Waals surface area contributed by atoms with Crippen molar-refractivity contribution < 1.29 is 19.1 Å². The lowest BCUT2D eigenvalue weighted by molar-refractivity contribution is -0.143. The molecule has 2 N–H and O–H groups in total. The molecule has 0 fully saturated rings. The molecule has 7 heteroatoms. The minimum absolute atomic E-state index is 0.219. The van der Waals surface area contributed by atoms with E-state index in [4.69, 9.17) is 11.6 Å². The Kier molecular flexibility index (Phi) is 10.3. The van der Waals surface area contributed by atoms with Crippen molar-refractivity contribution in [3.8, 4) is 0 Å². The Morgan fingerprint density at radius 1 is 0.926 bits per heavy atom. The van der Waals surface area contributed by atoms with Gasteiger partial charge in [-0.15, -0.1) is 0 Å². The van der Waals surface area contributed by atoms with Crippen LogP contribution in [-0.2, 0) is 14.3 Å². The van der Waals surface area contributed by atoms with Gasteiger partial charge in [0, 0.05) is 10.6 Å². The molecule has 0 aliphatic rings. The number of nitrogens with one attached hydrogen (secondary N) is 2. The molecule has 0 saturated carbocycles. The van der Waals surface area contributed by atoms with Crippen molar-refractivity contribution >= 4 is 29.4 Å². The van der Waals surface area contributed by atoms with E-state index in [1.807, 2.05) is 18.2 Å². The van der Waals surface area contributed by atoms with Crippen molar-refractivity contribution in [3.63, 3.8) is 0 Å². The van der Waals surface area contributed by atoms with Crippen LogP contribution in [-0.4, -0.2) is 37.5 Å². The Labute approximate surface area is 163 Å². The van der Waals surface area contributed by atoms with Gasteiger partial charge in [0.15, 0.2) is 0 Å². The van der Waals surface area contributed by atoms with Crippen LogP contribution in [0, 0.1) is 6.92 Å². The molecule has 0 bridgehead atoms. The Bertz CT molecular complexity index is 733. The average Bonchev–Trinajstić information content (AvgIpc) is 2.66. The third-order valence-corrected chi connectivity index (χ3v) is 3.44. The van der Waals surface area contributed by atoms with E-state index in [0.717, 1.165) is 0 Å².